The first-order chi connectivity index (χ1) is 14.1. The molecule has 0 bridgehead atoms. The van der Waals surface area contributed by atoms with Gasteiger partial charge < -0.3 is 25.6 Å². The molecule has 2 aliphatic rings. The summed E-state index contributed by atoms with van der Waals surface area (Å²) in [7, 11) is 3.39. The van der Waals surface area contributed by atoms with Crippen LogP contribution >= 0.6 is 11.6 Å². The van der Waals surface area contributed by atoms with Gasteiger partial charge in [-0.25, -0.2) is 0 Å². The van der Waals surface area contributed by atoms with E-state index < -0.39 is 0 Å². The van der Waals surface area contributed by atoms with Gasteiger partial charge in [0, 0.05) is 37.2 Å². The highest BCUT2D eigenvalue weighted by molar-refractivity contribution is 6.30. The number of methoxy groups -OCH3 is 1. The van der Waals surface area contributed by atoms with E-state index in [9.17, 15) is 4.79 Å². The molecule has 29 heavy (non-hydrogen) atoms. The summed E-state index contributed by atoms with van der Waals surface area (Å²) in [5.74, 6) is 1.49. The molecule has 3 N–H and O–H groups in total. The molecule has 1 aromatic carbocycles. The Morgan fingerprint density at radius 1 is 1.21 bits per heavy atom. The smallest absolute Gasteiger partial charge is 0.239 e. The van der Waals surface area contributed by atoms with Crippen molar-refractivity contribution in [3.05, 3.63) is 23.2 Å². The van der Waals surface area contributed by atoms with Crippen LogP contribution in [0.5, 0.6) is 5.75 Å². The van der Waals surface area contributed by atoms with Crippen molar-refractivity contribution in [2.45, 2.75) is 50.6 Å². The lowest BCUT2D eigenvalue weighted by Gasteiger charge is -2.24. The lowest BCUT2D eigenvalue weighted by atomic mass is 9.95. The van der Waals surface area contributed by atoms with Gasteiger partial charge in [-0.05, 0) is 37.5 Å². The summed E-state index contributed by atoms with van der Waals surface area (Å²) >= 11 is 6.17. The molecule has 1 saturated carbocycles. The Labute approximate surface area is 178 Å². The first-order valence-corrected chi connectivity index (χ1v) is 10.8. The average molecular weight is 422 g/mol. The summed E-state index contributed by atoms with van der Waals surface area (Å²) in [6.45, 7) is 1.94. The zero-order chi connectivity index (χ0) is 20.6. The van der Waals surface area contributed by atoms with Gasteiger partial charge in [0.05, 0.1) is 19.3 Å². The molecule has 0 spiro atoms. The summed E-state index contributed by atoms with van der Waals surface area (Å²) in [4.78, 5) is 18.7. The Morgan fingerprint density at radius 3 is 2.72 bits per heavy atom. The number of carbonyl (C=O) groups is 1. The predicted octanol–water partition coefficient (Wildman–Crippen LogP) is 2.54. The Kier molecular flexibility index (Phi) is 7.86. The van der Waals surface area contributed by atoms with Crippen LogP contribution in [-0.4, -0.2) is 57.7 Å². The van der Waals surface area contributed by atoms with E-state index >= 15 is 0 Å². The van der Waals surface area contributed by atoms with E-state index in [1.807, 2.05) is 18.2 Å². The molecule has 1 heterocycles. The van der Waals surface area contributed by atoms with E-state index in [1.165, 1.54) is 19.3 Å². The molecule has 8 heteroatoms. The second-order valence-electron chi connectivity index (χ2n) is 7.72. The van der Waals surface area contributed by atoms with Crippen LogP contribution in [0.4, 0.5) is 5.69 Å². The predicted molar refractivity (Wildman–Crippen MR) is 118 cm³/mol. The van der Waals surface area contributed by atoms with E-state index in [1.54, 1.807) is 14.2 Å². The van der Waals surface area contributed by atoms with Crippen LogP contribution in [0.2, 0.25) is 5.02 Å². The number of aliphatic imine (C=N–C) groups is 1. The molecule has 160 valence electrons. The minimum atomic E-state index is 0.0246. The monoisotopic (exact) mass is 421 g/mol. The second kappa shape index (κ2) is 10.6. The molecule has 1 atom stereocenters. The number of amides is 1. The molecule has 0 radical (unpaired) electrons. The van der Waals surface area contributed by atoms with Crippen molar-refractivity contribution in [3.63, 3.8) is 0 Å². The van der Waals surface area contributed by atoms with E-state index in [4.69, 9.17) is 16.3 Å². The molecule has 1 aromatic rings. The maximum absolute atomic E-state index is 12.2. The fraction of sp³-hybridized carbons (Fsp3) is 0.619. The maximum Gasteiger partial charge on any atom is 0.239 e. The molecule has 1 saturated heterocycles. The van der Waals surface area contributed by atoms with Gasteiger partial charge in [-0.2, -0.15) is 0 Å². The summed E-state index contributed by atoms with van der Waals surface area (Å²) in [6.07, 6.45) is 6.83. The van der Waals surface area contributed by atoms with Crippen LogP contribution in [0.15, 0.2) is 23.2 Å². The molecule has 1 unspecified atom stereocenters. The minimum absolute atomic E-state index is 0.0246. The number of nitrogens with zero attached hydrogens (tertiary/aromatic N) is 2. The Morgan fingerprint density at radius 2 is 2.00 bits per heavy atom. The summed E-state index contributed by atoms with van der Waals surface area (Å²) in [5, 5.41) is 10.4. The molecule has 1 aliphatic carbocycles. The number of ether oxygens (including phenoxy) is 1. The fourth-order valence-electron chi connectivity index (χ4n) is 4.08. The number of hydrogen-bond donors (Lipinski definition) is 3. The number of benzene rings is 1. The number of nitrogens with one attached hydrogen (secondary N) is 3. The van der Waals surface area contributed by atoms with E-state index in [0.29, 0.717) is 17.0 Å². The van der Waals surface area contributed by atoms with Gasteiger partial charge in [-0.15, -0.1) is 0 Å². The number of anilines is 1. The lowest BCUT2D eigenvalue weighted by molar-refractivity contribution is -0.120. The normalized spacial score (nSPS) is 20.4. The van der Waals surface area contributed by atoms with Crippen LogP contribution in [0, 0.1) is 0 Å². The topological polar surface area (TPSA) is 78.0 Å². The van der Waals surface area contributed by atoms with Gasteiger partial charge in [0.15, 0.2) is 5.96 Å². The second-order valence-corrected chi connectivity index (χ2v) is 8.16. The third-order valence-corrected chi connectivity index (χ3v) is 5.86. The fourth-order valence-corrected chi connectivity index (χ4v) is 4.25. The molecular formula is C21H32ClN5O2. The van der Waals surface area contributed by atoms with Crippen molar-refractivity contribution in [1.29, 1.82) is 0 Å². The van der Waals surface area contributed by atoms with E-state index in [2.05, 4.69) is 25.8 Å². The van der Waals surface area contributed by atoms with Gasteiger partial charge in [0.25, 0.3) is 0 Å². The molecule has 1 amide bonds. The van der Waals surface area contributed by atoms with Crippen LogP contribution in [0.1, 0.15) is 38.5 Å². The van der Waals surface area contributed by atoms with Crippen LogP contribution < -0.4 is 25.6 Å². The molecule has 7 nitrogen and oxygen atoms in total. The van der Waals surface area contributed by atoms with Gasteiger partial charge in [0.1, 0.15) is 5.75 Å². The van der Waals surface area contributed by atoms with E-state index in [-0.39, 0.29) is 18.5 Å². The van der Waals surface area contributed by atoms with Crippen molar-refractivity contribution in [2.24, 2.45) is 4.99 Å². The average Bonchev–Trinajstić information content (AvgIpc) is 3.20. The molecule has 3 rings (SSSR count). The highest BCUT2D eigenvalue weighted by Gasteiger charge is 2.26. The van der Waals surface area contributed by atoms with E-state index in [0.717, 1.165) is 43.8 Å². The van der Waals surface area contributed by atoms with Gasteiger partial charge >= 0.3 is 0 Å². The zero-order valence-electron chi connectivity index (χ0n) is 17.3. The lowest BCUT2D eigenvalue weighted by Crippen LogP contribution is -2.49. The standard InChI is InChI=1S/C21H32ClN5O2/c1-23-21(24-13-20(28)25-16-6-4-3-5-7-16)26-17-10-11-27(14-17)18-12-15(22)8-9-19(18)29-2/h8-9,12,16-17H,3-7,10-11,13-14H2,1-2H3,(H,25,28)(H2,23,24,26). The van der Waals surface area contributed by atoms with Crippen molar-refractivity contribution in [3.8, 4) is 5.75 Å². The van der Waals surface area contributed by atoms with Crippen molar-refractivity contribution in [1.82, 2.24) is 16.0 Å². The number of guanidine groups is 1. The number of halogens is 1. The van der Waals surface area contributed by atoms with Gasteiger partial charge in [-0.1, -0.05) is 30.9 Å². The third-order valence-electron chi connectivity index (χ3n) is 5.62. The molecule has 1 aliphatic heterocycles. The first kappa shape index (κ1) is 21.6. The number of hydrogen-bond acceptors (Lipinski definition) is 4. The van der Waals surface area contributed by atoms with Crippen molar-refractivity contribution in [2.75, 3.05) is 38.7 Å². The SMILES string of the molecule is CN=C(NCC(=O)NC1CCCCC1)NC1CCN(c2cc(Cl)ccc2OC)C1. The Hall–Kier alpha value is -2.15. The summed E-state index contributed by atoms with van der Waals surface area (Å²) in [5.41, 5.74) is 0.999. The zero-order valence-corrected chi connectivity index (χ0v) is 18.1. The maximum atomic E-state index is 12.2. The third kappa shape index (κ3) is 6.16. The summed E-state index contributed by atoms with van der Waals surface area (Å²) < 4.78 is 5.48. The van der Waals surface area contributed by atoms with Crippen LogP contribution in [-0.2, 0) is 4.79 Å². The molecular weight excluding hydrogens is 390 g/mol. The van der Waals surface area contributed by atoms with Crippen molar-refractivity contribution >= 4 is 29.2 Å². The first-order valence-electron chi connectivity index (χ1n) is 10.4. The van der Waals surface area contributed by atoms with Gasteiger partial charge in [-0.3, -0.25) is 9.79 Å². The summed E-state index contributed by atoms with van der Waals surface area (Å²) in [6, 6.07) is 6.21. The molecule has 0 aromatic heterocycles. The Balaban J connectivity index is 1.47. The Bertz CT molecular complexity index is 721. The number of rotatable bonds is 6. The highest BCUT2D eigenvalue weighted by Crippen LogP contribution is 2.33. The van der Waals surface area contributed by atoms with Gasteiger partial charge in [0.2, 0.25) is 5.91 Å². The minimum Gasteiger partial charge on any atom is -0.495 e. The molecule has 2 fully saturated rings. The van der Waals surface area contributed by atoms with Crippen LogP contribution in [0.3, 0.4) is 0 Å². The van der Waals surface area contributed by atoms with Crippen LogP contribution in [0.25, 0.3) is 0 Å². The largest absolute Gasteiger partial charge is 0.495 e. The van der Waals surface area contributed by atoms with Crippen molar-refractivity contribution < 1.29 is 9.53 Å². The number of carbonyl (C=O) groups excluding carboxylic acids is 1. The highest BCUT2D eigenvalue weighted by atomic mass is 35.5. The quantitative estimate of drug-likeness (QED) is 0.486.